The van der Waals surface area contributed by atoms with E-state index >= 15 is 0 Å². The summed E-state index contributed by atoms with van der Waals surface area (Å²) in [6.07, 6.45) is 1.61. The van der Waals surface area contributed by atoms with Crippen LogP contribution in [-0.4, -0.2) is 19.6 Å². The average molecular weight is 259 g/mol. The van der Waals surface area contributed by atoms with Gasteiger partial charge in [0, 0.05) is 13.1 Å². The number of fused-ring (bicyclic) bond motifs is 1. The van der Waals surface area contributed by atoms with Gasteiger partial charge in [0.05, 0.1) is 5.39 Å². The van der Waals surface area contributed by atoms with Gasteiger partial charge in [0.2, 0.25) is 0 Å². The number of hydrogen-bond donors (Lipinski definition) is 1. The van der Waals surface area contributed by atoms with Gasteiger partial charge in [0.1, 0.15) is 17.9 Å². The van der Waals surface area contributed by atoms with Crippen molar-refractivity contribution in [3.63, 3.8) is 0 Å². The number of ether oxygens (including phenoxy) is 1. The number of amides is 1. The summed E-state index contributed by atoms with van der Waals surface area (Å²) in [5, 5.41) is 2.77. The Morgan fingerprint density at radius 2 is 2.26 bits per heavy atom. The third-order valence-corrected chi connectivity index (χ3v) is 2.52. The summed E-state index contributed by atoms with van der Waals surface area (Å²) in [6.45, 7) is 3.90. The van der Waals surface area contributed by atoms with Crippen molar-refractivity contribution in [1.82, 2.24) is 5.32 Å². The molecule has 19 heavy (non-hydrogen) atoms. The van der Waals surface area contributed by atoms with Crippen LogP contribution in [0.3, 0.4) is 0 Å². The molecule has 1 N–H and O–H groups in total. The largest absolute Gasteiger partial charge is 0.490 e. The Morgan fingerprint density at radius 3 is 2.95 bits per heavy atom. The molecular formula is C14H13NO4. The summed E-state index contributed by atoms with van der Waals surface area (Å²) in [7, 11) is 1.47. The molecule has 0 bridgehead atoms. The summed E-state index contributed by atoms with van der Waals surface area (Å²) >= 11 is 0. The molecule has 0 saturated carbocycles. The molecule has 1 amide bonds. The van der Waals surface area contributed by atoms with Gasteiger partial charge in [-0.05, 0) is 18.2 Å². The van der Waals surface area contributed by atoms with Gasteiger partial charge in [-0.25, -0.2) is 0 Å². The predicted molar refractivity (Wildman–Crippen MR) is 71.6 cm³/mol. The van der Waals surface area contributed by atoms with E-state index in [1.54, 1.807) is 24.3 Å². The van der Waals surface area contributed by atoms with Crippen LogP contribution in [0.15, 0.2) is 46.1 Å². The van der Waals surface area contributed by atoms with Gasteiger partial charge in [-0.3, -0.25) is 9.59 Å². The first-order valence-corrected chi connectivity index (χ1v) is 5.69. The zero-order valence-corrected chi connectivity index (χ0v) is 10.4. The van der Waals surface area contributed by atoms with E-state index in [2.05, 4.69) is 11.9 Å². The highest BCUT2D eigenvalue weighted by molar-refractivity contribution is 5.93. The summed E-state index contributed by atoms with van der Waals surface area (Å²) in [5.74, 6) is 0.0955. The van der Waals surface area contributed by atoms with Crippen LogP contribution in [0.4, 0.5) is 0 Å². The predicted octanol–water partition coefficient (Wildman–Crippen LogP) is 1.72. The Labute approximate surface area is 109 Å². The van der Waals surface area contributed by atoms with E-state index in [1.807, 2.05) is 0 Å². The molecule has 0 fully saturated rings. The highest BCUT2D eigenvalue weighted by Gasteiger charge is 2.11. The van der Waals surface area contributed by atoms with Gasteiger partial charge in [-0.2, -0.15) is 0 Å². The molecule has 98 valence electrons. The SMILES string of the molecule is C=CCOc1ccc2oc(C(=O)NC)cc(=O)c2c1. The van der Waals surface area contributed by atoms with Gasteiger partial charge in [0.15, 0.2) is 11.2 Å². The summed E-state index contributed by atoms with van der Waals surface area (Å²) in [4.78, 5) is 23.4. The van der Waals surface area contributed by atoms with E-state index in [1.165, 1.54) is 13.1 Å². The molecule has 0 unspecified atom stereocenters. The quantitative estimate of drug-likeness (QED) is 0.849. The second-order valence-electron chi connectivity index (χ2n) is 3.81. The Hall–Kier alpha value is -2.56. The zero-order valence-electron chi connectivity index (χ0n) is 10.4. The Balaban J connectivity index is 2.50. The Kier molecular flexibility index (Phi) is 3.66. The number of nitrogens with one attached hydrogen (secondary N) is 1. The van der Waals surface area contributed by atoms with Crippen LogP contribution in [-0.2, 0) is 0 Å². The van der Waals surface area contributed by atoms with Crippen molar-refractivity contribution < 1.29 is 13.9 Å². The maximum absolute atomic E-state index is 11.9. The van der Waals surface area contributed by atoms with Gasteiger partial charge in [0.25, 0.3) is 5.91 Å². The molecule has 2 aromatic rings. The van der Waals surface area contributed by atoms with Gasteiger partial charge in [-0.1, -0.05) is 12.7 Å². The Bertz CT molecular complexity index is 687. The van der Waals surface area contributed by atoms with Crippen LogP contribution < -0.4 is 15.5 Å². The first-order valence-electron chi connectivity index (χ1n) is 5.69. The van der Waals surface area contributed by atoms with E-state index < -0.39 is 5.91 Å². The maximum atomic E-state index is 11.9. The smallest absolute Gasteiger partial charge is 0.286 e. The lowest BCUT2D eigenvalue weighted by atomic mass is 10.2. The topological polar surface area (TPSA) is 68.5 Å². The van der Waals surface area contributed by atoms with E-state index in [9.17, 15) is 9.59 Å². The van der Waals surface area contributed by atoms with Crippen molar-refractivity contribution in [3.05, 3.63) is 52.9 Å². The maximum Gasteiger partial charge on any atom is 0.286 e. The van der Waals surface area contributed by atoms with E-state index in [0.29, 0.717) is 23.3 Å². The third-order valence-electron chi connectivity index (χ3n) is 2.52. The molecule has 0 atom stereocenters. The molecule has 1 heterocycles. The van der Waals surface area contributed by atoms with Crippen LogP contribution >= 0.6 is 0 Å². The highest BCUT2D eigenvalue weighted by atomic mass is 16.5. The van der Waals surface area contributed by atoms with E-state index in [0.717, 1.165) is 0 Å². The molecule has 2 rings (SSSR count). The molecule has 0 radical (unpaired) electrons. The summed E-state index contributed by atoms with van der Waals surface area (Å²) in [5.41, 5.74) is 0.0564. The fourth-order valence-corrected chi connectivity index (χ4v) is 1.62. The highest BCUT2D eigenvalue weighted by Crippen LogP contribution is 2.19. The molecule has 1 aromatic heterocycles. The molecule has 0 aliphatic carbocycles. The monoisotopic (exact) mass is 259 g/mol. The molecule has 0 aliphatic heterocycles. The first-order chi connectivity index (χ1) is 9.15. The van der Waals surface area contributed by atoms with Crippen LogP contribution in [0.5, 0.6) is 5.75 Å². The molecule has 5 heteroatoms. The lowest BCUT2D eigenvalue weighted by Gasteiger charge is -2.05. The standard InChI is InChI=1S/C14H13NO4/c1-3-6-18-9-4-5-12-10(7-9)11(16)8-13(19-12)14(17)15-2/h3-5,7-8H,1,6H2,2H3,(H,15,17). The van der Waals surface area contributed by atoms with Crippen LogP contribution in [0.1, 0.15) is 10.6 Å². The van der Waals surface area contributed by atoms with Crippen LogP contribution in [0.25, 0.3) is 11.0 Å². The number of hydrogen-bond acceptors (Lipinski definition) is 4. The molecule has 0 spiro atoms. The van der Waals surface area contributed by atoms with Crippen LogP contribution in [0.2, 0.25) is 0 Å². The minimum absolute atomic E-state index is 0.0141. The number of benzene rings is 1. The van der Waals surface area contributed by atoms with Gasteiger partial charge in [-0.15, -0.1) is 0 Å². The number of carbonyl (C=O) groups is 1. The first kappa shape index (κ1) is 12.9. The summed E-state index contributed by atoms with van der Waals surface area (Å²) < 4.78 is 10.7. The average Bonchev–Trinajstić information content (AvgIpc) is 2.44. The van der Waals surface area contributed by atoms with E-state index in [-0.39, 0.29) is 11.2 Å². The lowest BCUT2D eigenvalue weighted by Crippen LogP contribution is -2.19. The third kappa shape index (κ3) is 2.65. The molecule has 0 aliphatic rings. The fraction of sp³-hybridized carbons (Fsp3) is 0.143. The van der Waals surface area contributed by atoms with Crippen LogP contribution in [0, 0.1) is 0 Å². The van der Waals surface area contributed by atoms with Crippen molar-refractivity contribution in [2.24, 2.45) is 0 Å². The zero-order chi connectivity index (χ0) is 13.8. The van der Waals surface area contributed by atoms with Gasteiger partial charge < -0.3 is 14.5 Å². The minimum atomic E-state index is -0.439. The van der Waals surface area contributed by atoms with Crippen molar-refractivity contribution in [1.29, 1.82) is 0 Å². The lowest BCUT2D eigenvalue weighted by molar-refractivity contribution is 0.0936. The van der Waals surface area contributed by atoms with Crippen molar-refractivity contribution in [2.75, 3.05) is 13.7 Å². The minimum Gasteiger partial charge on any atom is -0.490 e. The molecule has 1 aromatic carbocycles. The number of rotatable bonds is 4. The second-order valence-corrected chi connectivity index (χ2v) is 3.81. The van der Waals surface area contributed by atoms with Crippen molar-refractivity contribution in [3.8, 4) is 5.75 Å². The van der Waals surface area contributed by atoms with E-state index in [4.69, 9.17) is 9.15 Å². The van der Waals surface area contributed by atoms with Crippen molar-refractivity contribution >= 4 is 16.9 Å². The normalized spacial score (nSPS) is 10.2. The summed E-state index contributed by atoms with van der Waals surface area (Å²) in [6, 6.07) is 6.01. The molecule has 5 nitrogen and oxygen atoms in total. The Morgan fingerprint density at radius 1 is 1.47 bits per heavy atom. The van der Waals surface area contributed by atoms with Gasteiger partial charge >= 0.3 is 0 Å². The number of carbonyl (C=O) groups excluding carboxylic acids is 1. The fourth-order valence-electron chi connectivity index (χ4n) is 1.62. The molecular weight excluding hydrogens is 246 g/mol. The van der Waals surface area contributed by atoms with Crippen molar-refractivity contribution in [2.45, 2.75) is 0 Å². The molecule has 0 saturated heterocycles. The second kappa shape index (κ2) is 5.39.